The van der Waals surface area contributed by atoms with E-state index in [4.69, 9.17) is 9.47 Å². The molecule has 2 aromatic carbocycles. The van der Waals surface area contributed by atoms with Crippen LogP contribution >= 0.6 is 0 Å². The first-order valence-corrected chi connectivity index (χ1v) is 9.23. The highest BCUT2D eigenvalue weighted by Crippen LogP contribution is 2.28. The van der Waals surface area contributed by atoms with E-state index >= 15 is 0 Å². The monoisotopic (exact) mass is 460 g/mol. The maximum atomic E-state index is 13.3. The summed E-state index contributed by atoms with van der Waals surface area (Å²) in [5, 5.41) is 0. The van der Waals surface area contributed by atoms with E-state index in [0.29, 0.717) is 17.1 Å². The van der Waals surface area contributed by atoms with Crippen LogP contribution < -0.4 is 31.0 Å². The van der Waals surface area contributed by atoms with Crippen molar-refractivity contribution < 1.29 is 40.2 Å². The second-order valence-electron chi connectivity index (χ2n) is 6.81. The van der Waals surface area contributed by atoms with Crippen molar-refractivity contribution in [3.8, 4) is 22.8 Å². The number of ether oxygens (including phenoxy) is 2. The van der Waals surface area contributed by atoms with E-state index in [1.54, 1.807) is 44.6 Å². The lowest BCUT2D eigenvalue weighted by atomic mass is 10.1. The number of methoxy groups -OCH3 is 2. The van der Waals surface area contributed by atoms with E-state index in [2.05, 4.69) is 4.57 Å². The van der Waals surface area contributed by atoms with Crippen LogP contribution in [0.5, 0.6) is 11.5 Å². The summed E-state index contributed by atoms with van der Waals surface area (Å²) < 4.78 is 28.0. The maximum absolute atomic E-state index is 13.3. The third kappa shape index (κ3) is 4.05. The van der Waals surface area contributed by atoms with E-state index in [1.165, 1.54) is 12.1 Å². The molecule has 0 radical (unpaired) electrons. The highest BCUT2D eigenvalue weighted by Gasteiger charge is 2.30. The number of halogens is 2. The molecule has 0 spiro atoms. The number of fused-ring (bicyclic) bond motifs is 1. The summed E-state index contributed by atoms with van der Waals surface area (Å²) in [5.41, 5.74) is 2.53. The fourth-order valence-corrected chi connectivity index (χ4v) is 3.75. The second-order valence-corrected chi connectivity index (χ2v) is 6.81. The van der Waals surface area contributed by atoms with E-state index in [-0.39, 0.29) is 35.1 Å². The molecule has 0 N–H and O–H groups in total. The molecule has 1 aliphatic rings. The molecule has 0 amide bonds. The number of imidazole rings is 1. The van der Waals surface area contributed by atoms with Crippen LogP contribution in [0.25, 0.3) is 11.3 Å². The summed E-state index contributed by atoms with van der Waals surface area (Å²) in [7, 11) is 3.12. The summed E-state index contributed by atoms with van der Waals surface area (Å²) in [6, 6.07) is 11.7. The Labute approximate surface area is 179 Å². The molecule has 4 rings (SSSR count). The third-order valence-corrected chi connectivity index (χ3v) is 5.15. The number of benzene rings is 2. The van der Waals surface area contributed by atoms with Gasteiger partial charge in [0.2, 0.25) is 5.78 Å². The summed E-state index contributed by atoms with van der Waals surface area (Å²) in [5.74, 6) is 1.99. The summed E-state index contributed by atoms with van der Waals surface area (Å²) >= 11 is 0. The Bertz CT molecular complexity index is 1030. The molecule has 0 atom stereocenters. The molecular formula is C22H22BrFN2O3. The lowest BCUT2D eigenvalue weighted by molar-refractivity contribution is -0.689. The average Bonchev–Trinajstić information content (AvgIpc) is 3.32. The molecule has 0 aliphatic carbocycles. The molecule has 2 heterocycles. The zero-order chi connectivity index (χ0) is 19.7. The molecule has 0 saturated carbocycles. The van der Waals surface area contributed by atoms with Gasteiger partial charge in [0.1, 0.15) is 12.0 Å². The Kier molecular flexibility index (Phi) is 6.37. The van der Waals surface area contributed by atoms with Gasteiger partial charge in [0, 0.05) is 11.1 Å². The van der Waals surface area contributed by atoms with E-state index < -0.39 is 0 Å². The number of rotatable bonds is 6. The first-order valence-electron chi connectivity index (χ1n) is 9.23. The first-order chi connectivity index (χ1) is 13.6. The number of Topliss-reactive ketones (excluding diaryl/α,β-unsaturated/α-hetero) is 1. The number of aromatic nitrogens is 2. The summed E-state index contributed by atoms with van der Waals surface area (Å²) in [6.07, 6.45) is 3.94. The lowest BCUT2D eigenvalue weighted by Crippen LogP contribution is -3.00. The predicted molar refractivity (Wildman–Crippen MR) is 102 cm³/mol. The van der Waals surface area contributed by atoms with Crippen molar-refractivity contribution in [2.24, 2.45) is 0 Å². The molecule has 29 heavy (non-hydrogen) atoms. The van der Waals surface area contributed by atoms with Gasteiger partial charge in [-0.1, -0.05) is 0 Å². The average molecular weight is 461 g/mol. The maximum Gasteiger partial charge on any atom is 0.257 e. The number of hydrogen-bond acceptors (Lipinski definition) is 3. The van der Waals surface area contributed by atoms with Crippen LogP contribution in [0.15, 0.2) is 48.7 Å². The van der Waals surface area contributed by atoms with Gasteiger partial charge in [-0.3, -0.25) is 4.79 Å². The van der Waals surface area contributed by atoms with E-state index in [0.717, 1.165) is 36.5 Å². The quantitative estimate of drug-likeness (QED) is 0.395. The lowest BCUT2D eigenvalue weighted by Gasteiger charge is -2.08. The van der Waals surface area contributed by atoms with Crippen molar-refractivity contribution in [1.82, 2.24) is 4.57 Å². The fraction of sp³-hybridized carbons (Fsp3) is 0.273. The zero-order valence-electron chi connectivity index (χ0n) is 16.3. The highest BCUT2D eigenvalue weighted by molar-refractivity contribution is 5.95. The highest BCUT2D eigenvalue weighted by atomic mass is 79.9. The molecule has 1 aromatic heterocycles. The van der Waals surface area contributed by atoms with Gasteiger partial charge in [0.25, 0.3) is 5.82 Å². The van der Waals surface area contributed by atoms with Gasteiger partial charge in [-0.15, -0.1) is 0 Å². The standard InChI is InChI=1S/C22H22FN2O3.BrH/c1-27-20-10-7-16(12-21(20)28-2)19(26)14-24-13-18(25-11-3-4-22(24)25)15-5-8-17(23)9-6-15;/h5-10,12-13H,3-4,11,14H2,1-2H3;1H/q+1;/p-1. The molecule has 3 aromatic rings. The van der Waals surface area contributed by atoms with Crippen LogP contribution in [-0.4, -0.2) is 24.6 Å². The Morgan fingerprint density at radius 3 is 2.52 bits per heavy atom. The van der Waals surface area contributed by atoms with Crippen molar-refractivity contribution >= 4 is 5.78 Å². The molecule has 0 bridgehead atoms. The minimum Gasteiger partial charge on any atom is -1.00 e. The van der Waals surface area contributed by atoms with Gasteiger partial charge in [0.05, 0.1) is 27.2 Å². The molecule has 0 fully saturated rings. The van der Waals surface area contributed by atoms with Crippen molar-refractivity contribution in [3.05, 3.63) is 65.9 Å². The van der Waals surface area contributed by atoms with Gasteiger partial charge >= 0.3 is 0 Å². The number of carbonyl (C=O) groups is 1. The van der Waals surface area contributed by atoms with Gasteiger partial charge in [-0.25, -0.2) is 13.5 Å². The smallest absolute Gasteiger partial charge is 0.257 e. The molecule has 5 nitrogen and oxygen atoms in total. The Morgan fingerprint density at radius 1 is 1.10 bits per heavy atom. The largest absolute Gasteiger partial charge is 1.00 e. The fourth-order valence-electron chi connectivity index (χ4n) is 3.75. The van der Waals surface area contributed by atoms with Crippen molar-refractivity contribution in [2.45, 2.75) is 25.9 Å². The van der Waals surface area contributed by atoms with Crippen molar-refractivity contribution in [3.63, 3.8) is 0 Å². The van der Waals surface area contributed by atoms with Gasteiger partial charge in [0.15, 0.2) is 23.7 Å². The summed E-state index contributed by atoms with van der Waals surface area (Å²) in [4.78, 5) is 12.9. The predicted octanol–water partition coefficient (Wildman–Crippen LogP) is 0.432. The van der Waals surface area contributed by atoms with Crippen LogP contribution in [0.1, 0.15) is 22.6 Å². The van der Waals surface area contributed by atoms with Gasteiger partial charge < -0.3 is 26.5 Å². The van der Waals surface area contributed by atoms with Crippen LogP contribution in [-0.2, 0) is 19.5 Å². The minimum atomic E-state index is -0.256. The second kappa shape index (κ2) is 8.78. The third-order valence-electron chi connectivity index (χ3n) is 5.15. The van der Waals surface area contributed by atoms with Crippen LogP contribution in [0, 0.1) is 5.82 Å². The van der Waals surface area contributed by atoms with Crippen molar-refractivity contribution in [2.75, 3.05) is 14.2 Å². The van der Waals surface area contributed by atoms with E-state index in [1.807, 2.05) is 10.8 Å². The SMILES string of the molecule is COc1ccc(C(=O)C[n+]2cc(-c3ccc(F)cc3)n3c2CCC3)cc1OC.[Br-]. The molecule has 152 valence electrons. The Morgan fingerprint density at radius 2 is 1.83 bits per heavy atom. The Balaban J connectivity index is 0.00000240. The molecular weight excluding hydrogens is 439 g/mol. The molecule has 7 heteroatoms. The summed E-state index contributed by atoms with van der Waals surface area (Å²) in [6.45, 7) is 1.14. The molecule has 0 unspecified atom stereocenters. The topological polar surface area (TPSA) is 44.3 Å². The number of carbonyl (C=O) groups excluding carboxylic acids is 1. The van der Waals surface area contributed by atoms with Crippen molar-refractivity contribution in [1.29, 1.82) is 0 Å². The Hall–Kier alpha value is -2.67. The zero-order valence-corrected chi connectivity index (χ0v) is 17.9. The van der Waals surface area contributed by atoms with E-state index in [9.17, 15) is 9.18 Å². The van der Waals surface area contributed by atoms with Crippen LogP contribution in [0.3, 0.4) is 0 Å². The number of ketones is 1. The molecule has 0 saturated heterocycles. The first kappa shape index (κ1) is 21.0. The van der Waals surface area contributed by atoms with Gasteiger partial charge in [-0.2, -0.15) is 0 Å². The van der Waals surface area contributed by atoms with Gasteiger partial charge in [-0.05, 0) is 48.9 Å². The normalized spacial score (nSPS) is 12.2. The number of nitrogens with zero attached hydrogens (tertiary/aromatic N) is 2. The molecule has 1 aliphatic heterocycles. The van der Waals surface area contributed by atoms with Crippen LogP contribution in [0.4, 0.5) is 4.39 Å². The van der Waals surface area contributed by atoms with Crippen LogP contribution in [0.2, 0.25) is 0 Å². The number of hydrogen-bond donors (Lipinski definition) is 0. The minimum absolute atomic E-state index is 0.